The molecule has 1 atom stereocenters. The van der Waals surface area contributed by atoms with Gasteiger partial charge in [-0.05, 0) is 25.0 Å². The Kier molecular flexibility index (Phi) is 4.19. The molecular weight excluding hydrogens is 344 g/mol. The van der Waals surface area contributed by atoms with E-state index in [1.807, 2.05) is 24.3 Å². The quantitative estimate of drug-likeness (QED) is 0.548. The molecule has 136 valence electrons. The predicted octanol–water partition coefficient (Wildman–Crippen LogP) is 2.60. The fraction of sp³-hybridized carbons (Fsp3) is 0.200. The highest BCUT2D eigenvalue weighted by atomic mass is 16.5. The number of fused-ring (bicyclic) bond motifs is 1. The Hall–Kier alpha value is -3.48. The number of para-hydroxylation sites is 1. The van der Waals surface area contributed by atoms with Crippen molar-refractivity contribution in [2.75, 3.05) is 5.73 Å². The lowest BCUT2D eigenvalue weighted by Crippen LogP contribution is -2.27. The summed E-state index contributed by atoms with van der Waals surface area (Å²) in [6, 6.07) is 11.0. The average Bonchev–Trinajstić information content (AvgIpc) is 2.63. The first-order chi connectivity index (χ1) is 13.0. The van der Waals surface area contributed by atoms with Crippen molar-refractivity contribution in [1.82, 2.24) is 9.97 Å². The van der Waals surface area contributed by atoms with Crippen LogP contribution in [-0.2, 0) is 6.42 Å². The van der Waals surface area contributed by atoms with Crippen molar-refractivity contribution in [3.8, 4) is 11.5 Å². The number of hydrogen-bond acceptors (Lipinski definition) is 6. The van der Waals surface area contributed by atoms with Gasteiger partial charge in [0.25, 0.3) is 0 Å². The molecule has 2 aromatic heterocycles. The lowest BCUT2D eigenvalue weighted by Gasteiger charge is -2.25. The largest absolute Gasteiger partial charge is 0.457 e. The second kappa shape index (κ2) is 6.68. The fourth-order valence-corrected chi connectivity index (χ4v) is 3.53. The number of ether oxygens (including phenoxy) is 1. The minimum atomic E-state index is -0.0543. The van der Waals surface area contributed by atoms with E-state index in [0.29, 0.717) is 41.3 Å². The molecule has 7 heteroatoms. The zero-order chi connectivity index (χ0) is 19.0. The van der Waals surface area contributed by atoms with Crippen LogP contribution in [0.3, 0.4) is 0 Å². The van der Waals surface area contributed by atoms with Crippen molar-refractivity contribution >= 4 is 11.7 Å². The molecule has 4 rings (SSSR count). The summed E-state index contributed by atoms with van der Waals surface area (Å²) in [5.41, 5.74) is 8.63. The summed E-state index contributed by atoms with van der Waals surface area (Å²) in [5, 5.41) is 9.35. The van der Waals surface area contributed by atoms with Gasteiger partial charge >= 0.3 is 0 Å². The van der Waals surface area contributed by atoms with E-state index in [9.17, 15) is 10.0 Å². The lowest BCUT2D eigenvalue weighted by atomic mass is 9.81. The molecule has 1 aliphatic carbocycles. The van der Waals surface area contributed by atoms with Gasteiger partial charge in [0.05, 0.1) is 17.0 Å². The summed E-state index contributed by atoms with van der Waals surface area (Å²) in [4.78, 5) is 21.1. The zero-order valence-corrected chi connectivity index (χ0v) is 14.8. The number of Topliss-reactive ketones (excluding diaryl/α,β-unsaturated/α-hetero) is 1. The molecule has 0 fully saturated rings. The SMILES string of the molecule is Cc1nc(N)nc2c1C(=O)CC(c1ccccc1Oc1cc[n+](O)cc1)C2. The normalized spacial score (nSPS) is 16.0. The average molecular weight is 363 g/mol. The number of aromatic nitrogens is 3. The number of nitrogen functional groups attached to an aromatic ring is 1. The number of ketones is 1. The Labute approximate surface area is 156 Å². The van der Waals surface area contributed by atoms with Crippen LogP contribution < -0.4 is 15.2 Å². The summed E-state index contributed by atoms with van der Waals surface area (Å²) in [5.74, 6) is 1.42. The van der Waals surface area contributed by atoms with E-state index >= 15 is 0 Å². The third kappa shape index (κ3) is 3.31. The Bertz CT molecular complexity index is 1020. The first kappa shape index (κ1) is 17.0. The minimum Gasteiger partial charge on any atom is -0.457 e. The molecule has 27 heavy (non-hydrogen) atoms. The number of carbonyl (C=O) groups excluding carboxylic acids is 1. The Morgan fingerprint density at radius 1 is 1.15 bits per heavy atom. The Morgan fingerprint density at radius 2 is 1.89 bits per heavy atom. The summed E-state index contributed by atoms with van der Waals surface area (Å²) in [6.45, 7) is 1.79. The van der Waals surface area contributed by atoms with Gasteiger partial charge in [-0.3, -0.25) is 10.0 Å². The number of pyridine rings is 1. The van der Waals surface area contributed by atoms with Gasteiger partial charge in [-0.2, -0.15) is 0 Å². The van der Waals surface area contributed by atoms with Gasteiger partial charge in [0, 0.05) is 29.2 Å². The molecule has 1 unspecified atom stereocenters. The zero-order valence-electron chi connectivity index (χ0n) is 14.8. The van der Waals surface area contributed by atoms with Crippen molar-refractivity contribution in [1.29, 1.82) is 0 Å². The highest BCUT2D eigenvalue weighted by molar-refractivity contribution is 5.99. The molecule has 0 amide bonds. The van der Waals surface area contributed by atoms with Gasteiger partial charge in [0.15, 0.2) is 5.78 Å². The predicted molar refractivity (Wildman–Crippen MR) is 96.9 cm³/mol. The second-order valence-electron chi connectivity index (χ2n) is 6.57. The van der Waals surface area contributed by atoms with Crippen LogP contribution in [0.2, 0.25) is 0 Å². The lowest BCUT2D eigenvalue weighted by molar-refractivity contribution is -0.904. The highest BCUT2D eigenvalue weighted by Gasteiger charge is 2.31. The van der Waals surface area contributed by atoms with Crippen molar-refractivity contribution in [2.24, 2.45) is 0 Å². The van der Waals surface area contributed by atoms with E-state index in [1.54, 1.807) is 19.1 Å². The molecule has 1 aliphatic rings. The molecule has 1 aromatic carbocycles. The maximum Gasteiger partial charge on any atom is 0.225 e. The number of rotatable bonds is 3. The number of nitrogens with zero attached hydrogens (tertiary/aromatic N) is 3. The number of aryl methyl sites for hydroxylation is 1. The van der Waals surface area contributed by atoms with E-state index in [1.165, 1.54) is 12.4 Å². The number of hydrogen-bond donors (Lipinski definition) is 2. The number of anilines is 1. The molecule has 2 heterocycles. The molecule has 3 N–H and O–H groups in total. The van der Waals surface area contributed by atoms with Crippen molar-refractivity contribution in [3.63, 3.8) is 0 Å². The van der Waals surface area contributed by atoms with Crippen LogP contribution >= 0.6 is 0 Å². The molecule has 0 saturated carbocycles. The first-order valence-corrected chi connectivity index (χ1v) is 8.65. The van der Waals surface area contributed by atoms with Crippen LogP contribution in [0.15, 0.2) is 48.8 Å². The molecule has 0 saturated heterocycles. The topological polar surface area (TPSA) is 102 Å². The summed E-state index contributed by atoms with van der Waals surface area (Å²) < 4.78 is 6.94. The van der Waals surface area contributed by atoms with Crippen LogP contribution in [0.25, 0.3) is 0 Å². The van der Waals surface area contributed by atoms with Gasteiger partial charge < -0.3 is 10.5 Å². The second-order valence-corrected chi connectivity index (χ2v) is 6.57. The van der Waals surface area contributed by atoms with Crippen LogP contribution in [0.5, 0.6) is 11.5 Å². The van der Waals surface area contributed by atoms with Gasteiger partial charge in [0.2, 0.25) is 18.3 Å². The molecular formula is C20H19N4O3+. The van der Waals surface area contributed by atoms with Crippen molar-refractivity contribution in [2.45, 2.75) is 25.7 Å². The summed E-state index contributed by atoms with van der Waals surface area (Å²) in [6.07, 6.45) is 3.94. The number of nitrogens with two attached hydrogens (primary N) is 1. The maximum atomic E-state index is 12.7. The molecule has 7 nitrogen and oxygen atoms in total. The van der Waals surface area contributed by atoms with E-state index < -0.39 is 0 Å². The van der Waals surface area contributed by atoms with Gasteiger partial charge in [-0.15, -0.1) is 0 Å². The van der Waals surface area contributed by atoms with E-state index in [0.717, 1.165) is 10.3 Å². The summed E-state index contributed by atoms with van der Waals surface area (Å²) >= 11 is 0. The van der Waals surface area contributed by atoms with Gasteiger partial charge in [-0.25, -0.2) is 9.97 Å². The van der Waals surface area contributed by atoms with E-state index in [2.05, 4.69) is 9.97 Å². The van der Waals surface area contributed by atoms with E-state index in [4.69, 9.17) is 10.5 Å². The molecule has 0 aliphatic heterocycles. The summed E-state index contributed by atoms with van der Waals surface area (Å²) in [7, 11) is 0. The van der Waals surface area contributed by atoms with Crippen LogP contribution in [0, 0.1) is 6.92 Å². The Balaban J connectivity index is 1.68. The minimum absolute atomic E-state index is 0.0228. The van der Waals surface area contributed by atoms with Crippen LogP contribution in [-0.4, -0.2) is 21.0 Å². The van der Waals surface area contributed by atoms with Crippen molar-refractivity contribution < 1.29 is 19.5 Å². The van der Waals surface area contributed by atoms with Crippen molar-refractivity contribution in [3.05, 3.63) is 71.3 Å². The molecule has 0 spiro atoms. The number of benzene rings is 1. The fourth-order valence-electron chi connectivity index (χ4n) is 3.53. The van der Waals surface area contributed by atoms with Crippen LogP contribution in [0.1, 0.15) is 39.6 Å². The van der Waals surface area contributed by atoms with Gasteiger partial charge in [-0.1, -0.05) is 18.2 Å². The maximum absolute atomic E-state index is 12.7. The third-order valence-electron chi connectivity index (χ3n) is 4.70. The highest BCUT2D eigenvalue weighted by Crippen LogP contribution is 2.38. The molecule has 0 bridgehead atoms. The van der Waals surface area contributed by atoms with E-state index in [-0.39, 0.29) is 17.6 Å². The van der Waals surface area contributed by atoms with Gasteiger partial charge in [0.1, 0.15) is 11.5 Å². The Morgan fingerprint density at radius 3 is 2.67 bits per heavy atom. The third-order valence-corrected chi connectivity index (χ3v) is 4.70. The first-order valence-electron chi connectivity index (χ1n) is 8.65. The number of carbonyl (C=O) groups is 1. The standard InChI is InChI=1S/C20H18N4O3/c1-12-19-16(23-20(21)22-12)10-13(11-17(19)25)15-4-2-3-5-18(15)27-14-6-8-24(26)9-7-14/h2-9,13H,10-11H2,1H3,(H2-,21,22,23,25,26)/p+1. The monoisotopic (exact) mass is 363 g/mol. The molecule has 0 radical (unpaired) electrons. The smallest absolute Gasteiger partial charge is 0.225 e. The van der Waals surface area contributed by atoms with Crippen LogP contribution in [0.4, 0.5) is 5.95 Å². The molecule has 3 aromatic rings.